The third-order valence-corrected chi connectivity index (χ3v) is 4.65. The zero-order valence-electron chi connectivity index (χ0n) is 15.0. The van der Waals surface area contributed by atoms with Crippen molar-refractivity contribution in [3.05, 3.63) is 88.7 Å². The molecular formula is C22H18ClN3O. The molecule has 0 saturated heterocycles. The van der Waals surface area contributed by atoms with Gasteiger partial charge in [0.25, 0.3) is 5.91 Å². The van der Waals surface area contributed by atoms with Crippen LogP contribution in [0.4, 0.5) is 5.69 Å². The predicted octanol–water partition coefficient (Wildman–Crippen LogP) is 5.52. The Morgan fingerprint density at radius 2 is 1.70 bits per heavy atom. The number of imidazole rings is 1. The lowest BCUT2D eigenvalue weighted by Crippen LogP contribution is -2.13. The Labute approximate surface area is 162 Å². The third-order valence-electron chi connectivity index (χ3n) is 4.40. The first-order valence-electron chi connectivity index (χ1n) is 8.63. The third kappa shape index (κ3) is 3.57. The van der Waals surface area contributed by atoms with Gasteiger partial charge in [0.15, 0.2) is 0 Å². The van der Waals surface area contributed by atoms with Crippen molar-refractivity contribution in [3.8, 4) is 11.3 Å². The van der Waals surface area contributed by atoms with E-state index in [4.69, 9.17) is 11.6 Å². The molecule has 0 aliphatic heterocycles. The van der Waals surface area contributed by atoms with E-state index in [-0.39, 0.29) is 5.91 Å². The Morgan fingerprint density at radius 1 is 0.963 bits per heavy atom. The van der Waals surface area contributed by atoms with E-state index < -0.39 is 0 Å². The topological polar surface area (TPSA) is 46.4 Å². The number of anilines is 1. The minimum absolute atomic E-state index is 0.177. The molecule has 4 rings (SSSR count). The second-order valence-electron chi connectivity index (χ2n) is 6.61. The first kappa shape index (κ1) is 17.3. The summed E-state index contributed by atoms with van der Waals surface area (Å²) in [5.74, 6) is -0.177. The Balaban J connectivity index is 1.75. The second kappa shape index (κ2) is 6.89. The van der Waals surface area contributed by atoms with Crippen LogP contribution in [0.25, 0.3) is 16.9 Å². The summed E-state index contributed by atoms with van der Waals surface area (Å²) in [7, 11) is 0. The van der Waals surface area contributed by atoms with Crippen LogP contribution >= 0.6 is 11.6 Å². The zero-order chi connectivity index (χ0) is 19.0. The summed E-state index contributed by atoms with van der Waals surface area (Å²) in [5, 5.41) is 3.56. The molecule has 4 nitrogen and oxygen atoms in total. The summed E-state index contributed by atoms with van der Waals surface area (Å²) in [5.41, 5.74) is 5.86. The van der Waals surface area contributed by atoms with E-state index in [1.165, 1.54) is 0 Å². The maximum atomic E-state index is 12.9. The number of amides is 1. The Hall–Kier alpha value is -3.11. The molecule has 2 aromatic heterocycles. The van der Waals surface area contributed by atoms with Crippen molar-refractivity contribution >= 4 is 28.8 Å². The van der Waals surface area contributed by atoms with Crippen LogP contribution < -0.4 is 5.32 Å². The number of benzene rings is 2. The van der Waals surface area contributed by atoms with E-state index >= 15 is 0 Å². The number of rotatable bonds is 3. The maximum absolute atomic E-state index is 12.9. The van der Waals surface area contributed by atoms with Crippen LogP contribution in [0.15, 0.2) is 67.0 Å². The molecule has 1 amide bonds. The number of carbonyl (C=O) groups excluding carboxylic acids is 1. The summed E-state index contributed by atoms with van der Waals surface area (Å²) in [6.07, 6.45) is 3.97. The van der Waals surface area contributed by atoms with Gasteiger partial charge in [-0.25, -0.2) is 4.98 Å². The molecule has 2 aromatic carbocycles. The molecule has 1 N–H and O–H groups in total. The van der Waals surface area contributed by atoms with E-state index in [1.54, 1.807) is 24.3 Å². The number of hydrogen-bond acceptors (Lipinski definition) is 2. The predicted molar refractivity (Wildman–Crippen MR) is 110 cm³/mol. The molecule has 27 heavy (non-hydrogen) atoms. The van der Waals surface area contributed by atoms with Crippen LogP contribution in [-0.2, 0) is 0 Å². The normalized spacial score (nSPS) is 10.9. The average molecular weight is 376 g/mol. The summed E-state index contributed by atoms with van der Waals surface area (Å²) in [6, 6.07) is 16.9. The van der Waals surface area contributed by atoms with Crippen LogP contribution in [0, 0.1) is 13.8 Å². The van der Waals surface area contributed by atoms with E-state index in [0.717, 1.165) is 28.0 Å². The van der Waals surface area contributed by atoms with Crippen LogP contribution in [0.5, 0.6) is 0 Å². The van der Waals surface area contributed by atoms with Crippen molar-refractivity contribution in [1.29, 1.82) is 0 Å². The smallest absolute Gasteiger partial charge is 0.256 e. The first-order valence-corrected chi connectivity index (χ1v) is 9.01. The molecule has 4 aromatic rings. The summed E-state index contributed by atoms with van der Waals surface area (Å²) < 4.78 is 1.98. The number of hydrogen-bond donors (Lipinski definition) is 1. The minimum atomic E-state index is -0.177. The van der Waals surface area contributed by atoms with E-state index in [2.05, 4.69) is 10.3 Å². The second-order valence-corrected chi connectivity index (χ2v) is 7.04. The van der Waals surface area contributed by atoms with Gasteiger partial charge in [0.05, 0.1) is 5.69 Å². The van der Waals surface area contributed by atoms with Gasteiger partial charge in [-0.3, -0.25) is 4.79 Å². The number of pyridine rings is 1. The fourth-order valence-corrected chi connectivity index (χ4v) is 3.16. The molecule has 2 heterocycles. The van der Waals surface area contributed by atoms with Crippen molar-refractivity contribution in [3.63, 3.8) is 0 Å². The number of nitrogens with zero attached hydrogens (tertiary/aromatic N) is 2. The number of aromatic nitrogens is 2. The summed E-state index contributed by atoms with van der Waals surface area (Å²) in [4.78, 5) is 17.6. The van der Waals surface area contributed by atoms with Crippen molar-refractivity contribution in [1.82, 2.24) is 9.38 Å². The van der Waals surface area contributed by atoms with Gasteiger partial charge in [0.1, 0.15) is 5.65 Å². The van der Waals surface area contributed by atoms with Crippen LogP contribution in [-0.4, -0.2) is 15.3 Å². The molecule has 0 aliphatic carbocycles. The van der Waals surface area contributed by atoms with Gasteiger partial charge >= 0.3 is 0 Å². The van der Waals surface area contributed by atoms with E-state index in [0.29, 0.717) is 16.3 Å². The highest BCUT2D eigenvalue weighted by Gasteiger charge is 2.16. The van der Waals surface area contributed by atoms with Crippen LogP contribution in [0.2, 0.25) is 5.02 Å². The van der Waals surface area contributed by atoms with Gasteiger partial charge in [-0.2, -0.15) is 0 Å². The standard InChI is InChI=1S/C22H18ClN3O/c1-14-3-9-18(20-13-26-12-15(2)4-10-21(26)25-20)19(11-14)22(27)24-17-7-5-16(23)6-8-17/h3-13H,1-2H3,(H,24,27). The lowest BCUT2D eigenvalue weighted by atomic mass is 10.0. The first-order chi connectivity index (χ1) is 13.0. The molecule has 5 heteroatoms. The van der Waals surface area contributed by atoms with Gasteiger partial charge in [-0.1, -0.05) is 35.4 Å². The number of halogens is 1. The van der Waals surface area contributed by atoms with Gasteiger partial charge in [0.2, 0.25) is 0 Å². The molecule has 0 unspecified atom stereocenters. The summed E-state index contributed by atoms with van der Waals surface area (Å²) >= 11 is 5.92. The molecule has 0 radical (unpaired) electrons. The largest absolute Gasteiger partial charge is 0.322 e. The quantitative estimate of drug-likeness (QED) is 0.512. The molecular weight excluding hydrogens is 358 g/mol. The Bertz CT molecular complexity index is 1150. The highest BCUT2D eigenvalue weighted by Crippen LogP contribution is 2.26. The van der Waals surface area contributed by atoms with Crippen molar-refractivity contribution < 1.29 is 4.79 Å². The molecule has 0 aliphatic rings. The Morgan fingerprint density at radius 3 is 2.48 bits per heavy atom. The number of carbonyl (C=O) groups is 1. The molecule has 0 spiro atoms. The van der Waals surface area contributed by atoms with Crippen molar-refractivity contribution in [2.24, 2.45) is 0 Å². The lowest BCUT2D eigenvalue weighted by Gasteiger charge is -2.10. The zero-order valence-corrected chi connectivity index (χ0v) is 15.8. The molecule has 134 valence electrons. The highest BCUT2D eigenvalue weighted by molar-refractivity contribution is 6.30. The van der Waals surface area contributed by atoms with Crippen LogP contribution in [0.3, 0.4) is 0 Å². The van der Waals surface area contributed by atoms with Gasteiger partial charge in [-0.05, 0) is 55.8 Å². The Kier molecular flexibility index (Phi) is 4.42. The minimum Gasteiger partial charge on any atom is -0.322 e. The van der Waals surface area contributed by atoms with Gasteiger partial charge in [-0.15, -0.1) is 0 Å². The monoisotopic (exact) mass is 375 g/mol. The summed E-state index contributed by atoms with van der Waals surface area (Å²) in [6.45, 7) is 4.01. The number of fused-ring (bicyclic) bond motifs is 1. The van der Waals surface area contributed by atoms with E-state index in [9.17, 15) is 4.79 Å². The molecule has 0 bridgehead atoms. The van der Waals surface area contributed by atoms with Crippen molar-refractivity contribution in [2.45, 2.75) is 13.8 Å². The number of aryl methyl sites for hydroxylation is 2. The van der Waals surface area contributed by atoms with Gasteiger partial charge < -0.3 is 9.72 Å². The number of nitrogens with one attached hydrogen (secondary N) is 1. The average Bonchev–Trinajstić information content (AvgIpc) is 3.06. The van der Waals surface area contributed by atoms with Crippen LogP contribution in [0.1, 0.15) is 21.5 Å². The van der Waals surface area contributed by atoms with E-state index in [1.807, 2.05) is 61.0 Å². The fourth-order valence-electron chi connectivity index (χ4n) is 3.03. The SMILES string of the molecule is Cc1ccc(-c2cn3cc(C)ccc3n2)c(C(=O)Nc2ccc(Cl)cc2)c1. The fraction of sp³-hybridized carbons (Fsp3) is 0.0909. The maximum Gasteiger partial charge on any atom is 0.256 e. The molecule has 0 fully saturated rings. The lowest BCUT2D eigenvalue weighted by molar-refractivity contribution is 0.102. The highest BCUT2D eigenvalue weighted by atomic mass is 35.5. The molecule has 0 atom stereocenters. The van der Waals surface area contributed by atoms with Gasteiger partial charge in [0, 0.05) is 34.2 Å². The van der Waals surface area contributed by atoms with Crippen molar-refractivity contribution in [2.75, 3.05) is 5.32 Å². The molecule has 0 saturated carbocycles.